The Bertz CT molecular complexity index is 1480. The summed E-state index contributed by atoms with van der Waals surface area (Å²) in [5, 5.41) is 6.31. The van der Waals surface area contributed by atoms with Crippen LogP contribution in [0.25, 0.3) is 11.3 Å². The average Bonchev–Trinajstić information content (AvgIpc) is 3.41. The molecule has 3 amide bonds. The summed E-state index contributed by atoms with van der Waals surface area (Å²) in [6.07, 6.45) is 3.27. The number of benzene rings is 1. The van der Waals surface area contributed by atoms with Crippen molar-refractivity contribution >= 4 is 35.0 Å². The van der Waals surface area contributed by atoms with Crippen LogP contribution in [-0.2, 0) is 11.8 Å². The highest BCUT2D eigenvalue weighted by atomic mass is 35.5. The Labute approximate surface area is 249 Å². The molecular formula is C29H34ClN7O5. The second-order valence-corrected chi connectivity index (χ2v) is 10.6. The average molecular weight is 596 g/mol. The molecule has 0 unspecified atom stereocenters. The first-order valence-electron chi connectivity index (χ1n) is 13.8. The number of halogens is 1. The minimum atomic E-state index is -0.450. The number of amides is 3. The van der Waals surface area contributed by atoms with Crippen molar-refractivity contribution in [1.82, 2.24) is 29.7 Å². The van der Waals surface area contributed by atoms with Crippen LogP contribution in [0.3, 0.4) is 0 Å². The molecule has 222 valence electrons. The van der Waals surface area contributed by atoms with Crippen LogP contribution in [0.5, 0.6) is 11.8 Å². The normalized spacial score (nSPS) is 15.8. The van der Waals surface area contributed by atoms with Gasteiger partial charge in [-0.05, 0) is 50.2 Å². The van der Waals surface area contributed by atoms with Gasteiger partial charge in [-0.2, -0.15) is 4.98 Å². The maximum absolute atomic E-state index is 13.2. The Morgan fingerprint density at radius 3 is 2.38 bits per heavy atom. The van der Waals surface area contributed by atoms with Gasteiger partial charge in [0.2, 0.25) is 17.7 Å². The zero-order chi connectivity index (χ0) is 29.8. The number of hydrogen-bond donors (Lipinski definition) is 2. The van der Waals surface area contributed by atoms with Crippen LogP contribution in [0.2, 0.25) is 5.02 Å². The number of nitrogens with one attached hydrogen (secondary N) is 2. The molecular weight excluding hydrogens is 562 g/mol. The third-order valence-corrected chi connectivity index (χ3v) is 8.04. The largest absolute Gasteiger partial charge is 0.481 e. The van der Waals surface area contributed by atoms with Gasteiger partial charge in [0.15, 0.2) is 5.82 Å². The molecule has 13 heteroatoms. The third kappa shape index (κ3) is 6.04. The minimum Gasteiger partial charge on any atom is -0.481 e. The molecule has 2 aromatic heterocycles. The van der Waals surface area contributed by atoms with Crippen molar-refractivity contribution in [2.45, 2.75) is 12.8 Å². The van der Waals surface area contributed by atoms with E-state index in [4.69, 9.17) is 21.1 Å². The van der Waals surface area contributed by atoms with Gasteiger partial charge in [-0.3, -0.25) is 14.4 Å². The van der Waals surface area contributed by atoms with Gasteiger partial charge in [-0.1, -0.05) is 11.6 Å². The molecule has 2 aliphatic rings. The molecule has 0 spiro atoms. The standard InChI is InChI=1S/C29H34ClN7O5/c1-35-23(21-6-7-24(41-2)34-27(21)42-3)17-32-25(35)26(38)33-19-4-5-20(22(30)16-19)29(40)37-14-12-36(13-15-37)28(39)18-8-10-31-11-9-18/h4-7,16-18,31H,8-15H2,1-3H3,(H,33,38). The third-order valence-electron chi connectivity index (χ3n) is 7.73. The van der Waals surface area contributed by atoms with E-state index < -0.39 is 5.91 Å². The number of nitrogens with zero attached hydrogens (tertiary/aromatic N) is 5. The molecule has 42 heavy (non-hydrogen) atoms. The van der Waals surface area contributed by atoms with Crippen LogP contribution in [0.4, 0.5) is 5.69 Å². The fraction of sp³-hybridized carbons (Fsp3) is 0.414. The Hall–Kier alpha value is -4.16. The zero-order valence-electron chi connectivity index (χ0n) is 23.9. The lowest BCUT2D eigenvalue weighted by Crippen LogP contribution is -2.52. The molecule has 2 saturated heterocycles. The number of methoxy groups -OCH3 is 2. The second-order valence-electron chi connectivity index (χ2n) is 10.2. The van der Waals surface area contributed by atoms with Gasteiger partial charge >= 0.3 is 0 Å². The monoisotopic (exact) mass is 595 g/mol. The fourth-order valence-electron chi connectivity index (χ4n) is 5.34. The first-order valence-corrected chi connectivity index (χ1v) is 14.2. The summed E-state index contributed by atoms with van der Waals surface area (Å²) in [7, 11) is 4.74. The van der Waals surface area contributed by atoms with Gasteiger partial charge in [-0.15, -0.1) is 0 Å². The van der Waals surface area contributed by atoms with Gasteiger partial charge in [0, 0.05) is 50.9 Å². The summed E-state index contributed by atoms with van der Waals surface area (Å²) in [6.45, 7) is 3.63. The van der Waals surface area contributed by atoms with E-state index in [2.05, 4.69) is 20.6 Å². The first-order chi connectivity index (χ1) is 20.3. The first kappa shape index (κ1) is 29.3. The maximum Gasteiger partial charge on any atom is 0.291 e. The van der Waals surface area contributed by atoms with Crippen molar-refractivity contribution < 1.29 is 23.9 Å². The van der Waals surface area contributed by atoms with Gasteiger partial charge in [0.1, 0.15) is 0 Å². The Morgan fingerprint density at radius 1 is 1.00 bits per heavy atom. The predicted molar refractivity (Wildman–Crippen MR) is 157 cm³/mol. The molecule has 0 aliphatic carbocycles. The summed E-state index contributed by atoms with van der Waals surface area (Å²) in [4.78, 5) is 51.3. The lowest BCUT2D eigenvalue weighted by Gasteiger charge is -2.37. The number of piperidine rings is 1. The molecule has 12 nitrogen and oxygen atoms in total. The highest BCUT2D eigenvalue weighted by Gasteiger charge is 2.30. The molecule has 4 heterocycles. The van der Waals surface area contributed by atoms with E-state index in [-0.39, 0.29) is 28.6 Å². The lowest BCUT2D eigenvalue weighted by molar-refractivity contribution is -0.137. The van der Waals surface area contributed by atoms with Crippen molar-refractivity contribution in [1.29, 1.82) is 0 Å². The molecule has 2 fully saturated rings. The molecule has 0 atom stereocenters. The number of carbonyl (C=O) groups is 3. The van der Waals surface area contributed by atoms with Crippen LogP contribution < -0.4 is 20.1 Å². The number of carbonyl (C=O) groups excluding carboxylic acids is 3. The fourth-order valence-corrected chi connectivity index (χ4v) is 5.60. The maximum atomic E-state index is 13.2. The molecule has 0 saturated carbocycles. The topological polar surface area (TPSA) is 131 Å². The van der Waals surface area contributed by atoms with E-state index >= 15 is 0 Å². The van der Waals surface area contributed by atoms with Gasteiger partial charge in [-0.25, -0.2) is 4.98 Å². The van der Waals surface area contributed by atoms with Crippen LogP contribution in [0, 0.1) is 5.92 Å². The SMILES string of the molecule is COc1ccc(-c2cnc(C(=O)Nc3ccc(C(=O)N4CCN(C(=O)C5CCNCC5)CC4)c(Cl)c3)n2C)c(OC)n1. The number of hydrogen-bond acceptors (Lipinski definition) is 8. The summed E-state index contributed by atoms with van der Waals surface area (Å²) < 4.78 is 12.2. The number of rotatable bonds is 7. The van der Waals surface area contributed by atoms with Crippen molar-refractivity contribution in [3.05, 3.63) is 52.9 Å². The highest BCUT2D eigenvalue weighted by Crippen LogP contribution is 2.31. The summed E-state index contributed by atoms with van der Waals surface area (Å²) in [6, 6.07) is 8.26. The molecule has 0 radical (unpaired) electrons. The zero-order valence-corrected chi connectivity index (χ0v) is 24.6. The van der Waals surface area contributed by atoms with Crippen LogP contribution in [0.1, 0.15) is 33.8 Å². The Balaban J connectivity index is 1.22. The number of aromatic nitrogens is 3. The van der Waals surface area contributed by atoms with Crippen LogP contribution >= 0.6 is 11.6 Å². The molecule has 1 aromatic carbocycles. The van der Waals surface area contributed by atoms with Crippen LogP contribution in [-0.4, -0.2) is 95.5 Å². The van der Waals surface area contributed by atoms with E-state index in [1.807, 2.05) is 4.90 Å². The van der Waals surface area contributed by atoms with Crippen molar-refractivity contribution in [3.8, 4) is 23.0 Å². The van der Waals surface area contributed by atoms with E-state index in [0.29, 0.717) is 60.4 Å². The molecule has 2 N–H and O–H groups in total. The molecule has 2 aliphatic heterocycles. The molecule has 0 bridgehead atoms. The predicted octanol–water partition coefficient (Wildman–Crippen LogP) is 2.69. The Morgan fingerprint density at radius 2 is 1.71 bits per heavy atom. The van der Waals surface area contributed by atoms with E-state index in [1.54, 1.807) is 53.0 Å². The van der Waals surface area contributed by atoms with Gasteiger partial charge in [0.05, 0.1) is 42.3 Å². The van der Waals surface area contributed by atoms with E-state index in [9.17, 15) is 14.4 Å². The number of imidazole rings is 1. The number of anilines is 1. The molecule has 5 rings (SSSR count). The Kier molecular flexibility index (Phi) is 8.93. The number of ether oxygens (including phenoxy) is 2. The van der Waals surface area contributed by atoms with E-state index in [1.165, 1.54) is 14.2 Å². The van der Waals surface area contributed by atoms with Gasteiger partial charge < -0.3 is 34.5 Å². The van der Waals surface area contributed by atoms with Crippen LogP contribution in [0.15, 0.2) is 36.5 Å². The second kappa shape index (κ2) is 12.8. The van der Waals surface area contributed by atoms with Crippen molar-refractivity contribution in [2.75, 3.05) is 58.8 Å². The van der Waals surface area contributed by atoms with Crippen molar-refractivity contribution in [2.24, 2.45) is 13.0 Å². The summed E-state index contributed by atoms with van der Waals surface area (Å²) in [5.74, 6) is 0.491. The van der Waals surface area contributed by atoms with E-state index in [0.717, 1.165) is 25.9 Å². The van der Waals surface area contributed by atoms with Gasteiger partial charge in [0.25, 0.3) is 11.8 Å². The quantitative estimate of drug-likeness (QED) is 0.426. The van der Waals surface area contributed by atoms with Crippen molar-refractivity contribution in [3.63, 3.8) is 0 Å². The minimum absolute atomic E-state index is 0.0605. The summed E-state index contributed by atoms with van der Waals surface area (Å²) in [5.41, 5.74) is 2.04. The lowest BCUT2D eigenvalue weighted by atomic mass is 9.96. The highest BCUT2D eigenvalue weighted by molar-refractivity contribution is 6.34. The smallest absolute Gasteiger partial charge is 0.291 e. The number of pyridine rings is 1. The molecule has 3 aromatic rings. The summed E-state index contributed by atoms with van der Waals surface area (Å²) >= 11 is 6.51. The number of piperazine rings is 1.